The lowest BCUT2D eigenvalue weighted by Gasteiger charge is -2.27. The highest BCUT2D eigenvalue weighted by molar-refractivity contribution is 5.94. The van der Waals surface area contributed by atoms with Gasteiger partial charge in [0.25, 0.3) is 5.91 Å². The summed E-state index contributed by atoms with van der Waals surface area (Å²) in [5.41, 5.74) is 5.95. The fourth-order valence-electron chi connectivity index (χ4n) is 2.74. The van der Waals surface area contributed by atoms with Crippen LogP contribution in [-0.2, 0) is 0 Å². The van der Waals surface area contributed by atoms with Crippen molar-refractivity contribution in [3.05, 3.63) is 35.1 Å². The van der Waals surface area contributed by atoms with Crippen LogP contribution in [0.5, 0.6) is 0 Å². The largest absolute Gasteiger partial charge is 0.349 e. The van der Waals surface area contributed by atoms with Crippen molar-refractivity contribution in [1.82, 2.24) is 5.32 Å². The second-order valence-corrected chi connectivity index (χ2v) is 6.11. The lowest BCUT2D eigenvalue weighted by molar-refractivity contribution is 0.0909. The molecule has 0 aromatic heterocycles. The smallest absolute Gasteiger partial charge is 0.251 e. The van der Waals surface area contributed by atoms with Crippen molar-refractivity contribution in [1.29, 1.82) is 0 Å². The van der Waals surface area contributed by atoms with Crippen LogP contribution in [0.15, 0.2) is 18.2 Å². The van der Waals surface area contributed by atoms with Gasteiger partial charge in [-0.05, 0) is 36.5 Å². The maximum absolute atomic E-state index is 13.9. The molecular weight excluding hydrogens is 267 g/mol. The Morgan fingerprint density at radius 2 is 2.29 bits per heavy atom. The van der Waals surface area contributed by atoms with E-state index in [0.29, 0.717) is 5.56 Å². The Hall–Kier alpha value is -1.86. The van der Waals surface area contributed by atoms with Gasteiger partial charge in [0.2, 0.25) is 0 Å². The van der Waals surface area contributed by atoms with E-state index in [9.17, 15) is 9.18 Å². The molecular formula is C17H21FN2O. The third kappa shape index (κ3) is 3.62. The van der Waals surface area contributed by atoms with Gasteiger partial charge in [0.15, 0.2) is 0 Å². The van der Waals surface area contributed by atoms with Gasteiger partial charge in [0.1, 0.15) is 5.82 Å². The van der Waals surface area contributed by atoms with E-state index in [0.717, 1.165) is 19.3 Å². The molecule has 1 aliphatic rings. The third-order valence-electron chi connectivity index (χ3n) is 4.12. The number of carbonyl (C=O) groups is 1. The predicted octanol–water partition coefficient (Wildman–Crippen LogP) is 2.44. The second kappa shape index (κ2) is 6.28. The molecule has 21 heavy (non-hydrogen) atoms. The molecule has 1 amide bonds. The van der Waals surface area contributed by atoms with E-state index in [2.05, 4.69) is 31.0 Å². The maximum atomic E-state index is 13.9. The summed E-state index contributed by atoms with van der Waals surface area (Å²) in [4.78, 5) is 12.2. The van der Waals surface area contributed by atoms with E-state index in [1.807, 2.05) is 0 Å². The summed E-state index contributed by atoms with van der Waals surface area (Å²) in [6, 6.07) is 4.50. The highest BCUT2D eigenvalue weighted by atomic mass is 19.1. The first-order valence-corrected chi connectivity index (χ1v) is 7.23. The zero-order valence-corrected chi connectivity index (χ0v) is 12.5. The number of hydrogen-bond acceptors (Lipinski definition) is 2. The van der Waals surface area contributed by atoms with Crippen molar-refractivity contribution in [2.75, 3.05) is 6.54 Å². The van der Waals surface area contributed by atoms with Crippen LogP contribution >= 0.6 is 0 Å². The highest BCUT2D eigenvalue weighted by Gasteiger charge is 2.35. The minimum Gasteiger partial charge on any atom is -0.349 e. The van der Waals surface area contributed by atoms with Crippen molar-refractivity contribution in [3.8, 4) is 11.8 Å². The third-order valence-corrected chi connectivity index (χ3v) is 4.12. The Bertz CT molecular complexity index is 599. The van der Waals surface area contributed by atoms with Crippen LogP contribution in [-0.4, -0.2) is 18.5 Å². The monoisotopic (exact) mass is 288 g/mol. The molecule has 0 radical (unpaired) electrons. The van der Waals surface area contributed by atoms with Gasteiger partial charge in [-0.3, -0.25) is 4.79 Å². The van der Waals surface area contributed by atoms with Crippen LogP contribution in [0.3, 0.4) is 0 Å². The first kappa shape index (κ1) is 15.5. The number of rotatable bonds is 2. The van der Waals surface area contributed by atoms with Gasteiger partial charge in [0, 0.05) is 11.6 Å². The van der Waals surface area contributed by atoms with E-state index < -0.39 is 5.82 Å². The van der Waals surface area contributed by atoms with Crippen molar-refractivity contribution < 1.29 is 9.18 Å². The Balaban J connectivity index is 2.11. The Labute approximate surface area is 125 Å². The lowest BCUT2D eigenvalue weighted by Crippen LogP contribution is -2.41. The quantitative estimate of drug-likeness (QED) is 0.821. The van der Waals surface area contributed by atoms with Gasteiger partial charge in [-0.15, -0.1) is 0 Å². The molecule has 1 atom stereocenters. The first-order chi connectivity index (χ1) is 9.94. The summed E-state index contributed by atoms with van der Waals surface area (Å²) in [6.07, 6.45) is 3.18. The fourth-order valence-corrected chi connectivity index (χ4v) is 2.74. The number of carbonyl (C=O) groups excluding carboxylic acids is 1. The average Bonchev–Trinajstić information content (AvgIpc) is 2.76. The molecule has 1 saturated carbocycles. The van der Waals surface area contributed by atoms with Gasteiger partial charge in [-0.2, -0.15) is 0 Å². The SMILES string of the molecule is CC1(C)CCCC1NC(=O)c1ccc(C#CCN)c(F)c1. The van der Waals surface area contributed by atoms with Crippen LogP contribution in [0.2, 0.25) is 0 Å². The standard InChI is InChI=1S/C17H21FN2O/c1-17(2)9-3-6-15(17)20-16(21)13-8-7-12(5-4-10-19)14(18)11-13/h7-8,11,15H,3,6,9-10,19H2,1-2H3,(H,20,21). The Morgan fingerprint density at radius 1 is 1.52 bits per heavy atom. The number of nitrogens with one attached hydrogen (secondary N) is 1. The van der Waals surface area contributed by atoms with Crippen molar-refractivity contribution >= 4 is 5.91 Å². The van der Waals surface area contributed by atoms with E-state index in [1.54, 1.807) is 6.07 Å². The molecule has 0 saturated heterocycles. The van der Waals surface area contributed by atoms with E-state index in [4.69, 9.17) is 5.73 Å². The van der Waals surface area contributed by atoms with Gasteiger partial charge in [-0.25, -0.2) is 4.39 Å². The zero-order chi connectivity index (χ0) is 15.5. The molecule has 2 rings (SSSR count). The molecule has 3 nitrogen and oxygen atoms in total. The van der Waals surface area contributed by atoms with Crippen LogP contribution < -0.4 is 11.1 Å². The molecule has 0 bridgehead atoms. The number of hydrogen-bond donors (Lipinski definition) is 2. The van der Waals surface area contributed by atoms with E-state index in [-0.39, 0.29) is 29.5 Å². The topological polar surface area (TPSA) is 55.1 Å². The number of nitrogens with two attached hydrogens (primary N) is 1. The summed E-state index contributed by atoms with van der Waals surface area (Å²) in [5, 5.41) is 3.01. The van der Waals surface area contributed by atoms with Crippen LogP contribution in [0, 0.1) is 23.1 Å². The van der Waals surface area contributed by atoms with Crippen LogP contribution in [0.4, 0.5) is 4.39 Å². The maximum Gasteiger partial charge on any atom is 0.251 e. The summed E-state index contributed by atoms with van der Waals surface area (Å²) in [7, 11) is 0. The molecule has 0 spiro atoms. The molecule has 1 aromatic rings. The summed E-state index contributed by atoms with van der Waals surface area (Å²) < 4.78 is 13.9. The summed E-state index contributed by atoms with van der Waals surface area (Å²) in [5.74, 6) is 4.52. The second-order valence-electron chi connectivity index (χ2n) is 6.11. The molecule has 1 aromatic carbocycles. The molecule has 1 unspecified atom stereocenters. The molecule has 1 fully saturated rings. The Kier molecular flexibility index (Phi) is 4.64. The normalized spacial score (nSPS) is 19.7. The van der Waals surface area contributed by atoms with Crippen LogP contribution in [0.25, 0.3) is 0 Å². The number of halogens is 1. The summed E-state index contributed by atoms with van der Waals surface area (Å²) >= 11 is 0. The Morgan fingerprint density at radius 3 is 2.86 bits per heavy atom. The van der Waals surface area contributed by atoms with Crippen molar-refractivity contribution in [2.24, 2.45) is 11.1 Å². The molecule has 3 N–H and O–H groups in total. The van der Waals surface area contributed by atoms with Gasteiger partial charge in [-0.1, -0.05) is 32.1 Å². The minimum absolute atomic E-state index is 0.0980. The molecule has 0 heterocycles. The van der Waals surface area contributed by atoms with Gasteiger partial charge < -0.3 is 11.1 Å². The lowest BCUT2D eigenvalue weighted by atomic mass is 9.87. The van der Waals surface area contributed by atoms with Gasteiger partial charge in [0.05, 0.1) is 12.1 Å². The van der Waals surface area contributed by atoms with Crippen LogP contribution in [0.1, 0.15) is 49.0 Å². The van der Waals surface area contributed by atoms with Crippen molar-refractivity contribution in [2.45, 2.75) is 39.2 Å². The molecule has 0 aliphatic heterocycles. The summed E-state index contributed by atoms with van der Waals surface area (Å²) in [6.45, 7) is 4.48. The molecule has 112 valence electrons. The average molecular weight is 288 g/mol. The van der Waals surface area contributed by atoms with E-state index >= 15 is 0 Å². The fraction of sp³-hybridized carbons (Fsp3) is 0.471. The first-order valence-electron chi connectivity index (χ1n) is 7.23. The minimum atomic E-state index is -0.491. The molecule has 4 heteroatoms. The number of benzene rings is 1. The molecule has 1 aliphatic carbocycles. The van der Waals surface area contributed by atoms with E-state index in [1.165, 1.54) is 12.1 Å². The van der Waals surface area contributed by atoms with Gasteiger partial charge >= 0.3 is 0 Å². The zero-order valence-electron chi connectivity index (χ0n) is 12.5. The predicted molar refractivity (Wildman–Crippen MR) is 81.2 cm³/mol. The van der Waals surface area contributed by atoms with Crippen molar-refractivity contribution in [3.63, 3.8) is 0 Å². The highest BCUT2D eigenvalue weighted by Crippen LogP contribution is 2.37. The number of amides is 1.